The Morgan fingerprint density at radius 1 is 1.04 bits per heavy atom. The lowest BCUT2D eigenvalue weighted by atomic mass is 10.0. The van der Waals surface area contributed by atoms with Crippen molar-refractivity contribution < 1.29 is 4.42 Å². The van der Waals surface area contributed by atoms with Crippen LogP contribution in [0, 0.1) is 0 Å². The average molecular weight is 333 g/mol. The number of nitrogens with one attached hydrogen (secondary N) is 1. The number of hydrogen-bond donors (Lipinski definition) is 1. The molecule has 0 fully saturated rings. The molecular formula is C20H19N3O2. The topological polar surface area (TPSA) is 54.2 Å². The number of fused-ring (bicyclic) bond motifs is 4. The first-order valence-electron chi connectivity index (χ1n) is 8.69. The van der Waals surface area contributed by atoms with Crippen LogP contribution in [0.5, 0.6) is 0 Å². The molecule has 0 aliphatic carbocycles. The Hall–Kier alpha value is -2.79. The molecule has 1 aliphatic heterocycles. The van der Waals surface area contributed by atoms with Crippen LogP contribution in [0.15, 0.2) is 57.7 Å². The summed E-state index contributed by atoms with van der Waals surface area (Å²) in [6.07, 6.45) is 1.04. The van der Waals surface area contributed by atoms with E-state index < -0.39 is 0 Å². The molecule has 5 nitrogen and oxygen atoms in total. The Balaban J connectivity index is 1.37. The summed E-state index contributed by atoms with van der Waals surface area (Å²) in [6.45, 7) is 3.39. The van der Waals surface area contributed by atoms with Gasteiger partial charge in [0.25, 0.3) is 0 Å². The zero-order chi connectivity index (χ0) is 16.8. The van der Waals surface area contributed by atoms with Crippen molar-refractivity contribution in [2.24, 2.45) is 0 Å². The summed E-state index contributed by atoms with van der Waals surface area (Å²) >= 11 is 0. The van der Waals surface area contributed by atoms with E-state index in [1.807, 2.05) is 24.3 Å². The van der Waals surface area contributed by atoms with Gasteiger partial charge in [0.05, 0.1) is 5.52 Å². The number of rotatable bonds is 3. The lowest BCUT2D eigenvalue weighted by molar-refractivity contribution is 0.240. The molecular weight excluding hydrogens is 314 g/mol. The Morgan fingerprint density at radius 3 is 2.84 bits per heavy atom. The fourth-order valence-corrected chi connectivity index (χ4v) is 3.91. The molecule has 0 bridgehead atoms. The van der Waals surface area contributed by atoms with Crippen LogP contribution in [-0.2, 0) is 19.5 Å². The molecule has 3 heterocycles. The SMILES string of the molecule is O=c1oc2ccccc2n1CCN1CCc2c([nH]c3ccccc23)C1. The standard InChI is InChI=1S/C20H19N3O2/c24-20-23(18-7-3-4-8-19(18)25-20)12-11-22-10-9-15-14-5-1-2-6-16(14)21-17(15)13-22/h1-8,21H,9-13H2. The molecule has 126 valence electrons. The highest BCUT2D eigenvalue weighted by atomic mass is 16.4. The van der Waals surface area contributed by atoms with Gasteiger partial charge in [-0.3, -0.25) is 9.47 Å². The summed E-state index contributed by atoms with van der Waals surface area (Å²) in [6, 6.07) is 16.1. The Kier molecular flexibility index (Phi) is 3.28. The smallest absolute Gasteiger partial charge is 0.408 e. The fourth-order valence-electron chi connectivity index (χ4n) is 3.91. The third-order valence-electron chi connectivity index (χ3n) is 5.18. The highest BCUT2D eigenvalue weighted by Gasteiger charge is 2.20. The van der Waals surface area contributed by atoms with E-state index in [1.165, 1.54) is 22.2 Å². The minimum Gasteiger partial charge on any atom is -0.408 e. The van der Waals surface area contributed by atoms with Crippen molar-refractivity contribution in [3.05, 3.63) is 70.3 Å². The number of nitrogens with zero attached hydrogens (tertiary/aromatic N) is 2. The number of aromatic nitrogens is 2. The summed E-state index contributed by atoms with van der Waals surface area (Å²) < 4.78 is 7.05. The third kappa shape index (κ3) is 2.39. The van der Waals surface area contributed by atoms with E-state index in [9.17, 15) is 4.79 Å². The molecule has 25 heavy (non-hydrogen) atoms. The van der Waals surface area contributed by atoms with E-state index in [0.29, 0.717) is 12.1 Å². The molecule has 1 aliphatic rings. The van der Waals surface area contributed by atoms with E-state index in [1.54, 1.807) is 4.57 Å². The maximum absolute atomic E-state index is 12.1. The summed E-state index contributed by atoms with van der Waals surface area (Å²) in [5.41, 5.74) is 5.49. The molecule has 0 unspecified atom stereocenters. The van der Waals surface area contributed by atoms with Gasteiger partial charge in [0.1, 0.15) is 0 Å². The van der Waals surface area contributed by atoms with Gasteiger partial charge in [0.15, 0.2) is 5.58 Å². The van der Waals surface area contributed by atoms with Gasteiger partial charge in [-0.1, -0.05) is 30.3 Å². The Morgan fingerprint density at radius 2 is 1.88 bits per heavy atom. The minimum atomic E-state index is -0.274. The van der Waals surface area contributed by atoms with E-state index in [4.69, 9.17) is 4.42 Å². The predicted molar refractivity (Wildman–Crippen MR) is 97.8 cm³/mol. The van der Waals surface area contributed by atoms with Gasteiger partial charge in [-0.25, -0.2) is 4.79 Å². The van der Waals surface area contributed by atoms with Crippen molar-refractivity contribution in [2.45, 2.75) is 19.5 Å². The molecule has 0 atom stereocenters. The third-order valence-corrected chi connectivity index (χ3v) is 5.18. The van der Waals surface area contributed by atoms with Gasteiger partial charge >= 0.3 is 5.76 Å². The van der Waals surface area contributed by atoms with Gasteiger partial charge < -0.3 is 9.40 Å². The van der Waals surface area contributed by atoms with Crippen LogP contribution in [0.4, 0.5) is 0 Å². The van der Waals surface area contributed by atoms with E-state index in [-0.39, 0.29) is 5.76 Å². The second kappa shape index (κ2) is 5.63. The van der Waals surface area contributed by atoms with Crippen LogP contribution in [0.1, 0.15) is 11.3 Å². The van der Waals surface area contributed by atoms with E-state index >= 15 is 0 Å². The maximum atomic E-state index is 12.1. The van der Waals surface area contributed by atoms with Crippen molar-refractivity contribution in [3.8, 4) is 0 Å². The number of oxazole rings is 1. The molecule has 5 heteroatoms. The van der Waals surface area contributed by atoms with Crippen LogP contribution in [0.2, 0.25) is 0 Å². The summed E-state index contributed by atoms with van der Waals surface area (Å²) in [4.78, 5) is 18.0. The molecule has 2 aromatic carbocycles. The lowest BCUT2D eigenvalue weighted by Crippen LogP contribution is -2.34. The molecule has 1 N–H and O–H groups in total. The summed E-state index contributed by atoms with van der Waals surface area (Å²) in [5.74, 6) is -0.274. The minimum absolute atomic E-state index is 0.274. The monoisotopic (exact) mass is 333 g/mol. The van der Waals surface area contributed by atoms with E-state index in [0.717, 1.165) is 31.6 Å². The second-order valence-corrected chi connectivity index (χ2v) is 6.64. The second-order valence-electron chi connectivity index (χ2n) is 6.64. The van der Waals surface area contributed by atoms with Crippen LogP contribution < -0.4 is 5.76 Å². The van der Waals surface area contributed by atoms with Crippen LogP contribution >= 0.6 is 0 Å². The largest absolute Gasteiger partial charge is 0.419 e. The van der Waals surface area contributed by atoms with Crippen molar-refractivity contribution in [1.29, 1.82) is 0 Å². The van der Waals surface area contributed by atoms with Crippen molar-refractivity contribution >= 4 is 22.0 Å². The molecule has 0 spiro atoms. The molecule has 0 amide bonds. The molecule has 5 rings (SSSR count). The molecule has 0 radical (unpaired) electrons. The van der Waals surface area contributed by atoms with Gasteiger partial charge in [-0.15, -0.1) is 0 Å². The van der Waals surface area contributed by atoms with Crippen LogP contribution in [-0.4, -0.2) is 27.5 Å². The highest BCUT2D eigenvalue weighted by Crippen LogP contribution is 2.27. The van der Waals surface area contributed by atoms with Gasteiger partial charge in [-0.2, -0.15) is 0 Å². The van der Waals surface area contributed by atoms with Crippen molar-refractivity contribution in [3.63, 3.8) is 0 Å². The Labute approximate surface area is 144 Å². The highest BCUT2D eigenvalue weighted by molar-refractivity contribution is 5.84. The summed E-state index contributed by atoms with van der Waals surface area (Å²) in [7, 11) is 0. The van der Waals surface area contributed by atoms with Crippen molar-refractivity contribution in [1.82, 2.24) is 14.5 Å². The van der Waals surface area contributed by atoms with Crippen LogP contribution in [0.25, 0.3) is 22.0 Å². The number of hydrogen-bond acceptors (Lipinski definition) is 3. The normalized spacial score (nSPS) is 15.0. The van der Waals surface area contributed by atoms with Gasteiger partial charge in [-0.05, 0) is 30.2 Å². The molecule has 0 saturated heterocycles. The predicted octanol–water partition coefficient (Wildman–Crippen LogP) is 3.13. The first kappa shape index (κ1) is 14.5. The number of para-hydroxylation sites is 3. The fraction of sp³-hybridized carbons (Fsp3) is 0.250. The first-order valence-corrected chi connectivity index (χ1v) is 8.69. The van der Waals surface area contributed by atoms with Crippen LogP contribution in [0.3, 0.4) is 0 Å². The average Bonchev–Trinajstić information content (AvgIpc) is 3.16. The first-order chi connectivity index (χ1) is 12.3. The van der Waals surface area contributed by atoms with E-state index in [2.05, 4.69) is 34.1 Å². The zero-order valence-corrected chi connectivity index (χ0v) is 13.9. The number of benzene rings is 2. The van der Waals surface area contributed by atoms with Crippen molar-refractivity contribution in [2.75, 3.05) is 13.1 Å². The summed E-state index contributed by atoms with van der Waals surface area (Å²) in [5, 5.41) is 1.34. The Bertz CT molecular complexity index is 1120. The maximum Gasteiger partial charge on any atom is 0.419 e. The molecule has 0 saturated carbocycles. The molecule has 2 aromatic heterocycles. The van der Waals surface area contributed by atoms with Gasteiger partial charge in [0.2, 0.25) is 0 Å². The number of H-pyrrole nitrogens is 1. The lowest BCUT2D eigenvalue weighted by Gasteiger charge is -2.26. The molecule has 4 aromatic rings. The number of aromatic amines is 1. The quantitative estimate of drug-likeness (QED) is 0.627. The zero-order valence-electron chi connectivity index (χ0n) is 13.9. The van der Waals surface area contributed by atoms with Gasteiger partial charge in [0, 0.05) is 42.8 Å².